The highest BCUT2D eigenvalue weighted by Gasteiger charge is 2.23. The lowest BCUT2D eigenvalue weighted by atomic mass is 10.1. The molecule has 1 heterocycles. The van der Waals surface area contributed by atoms with Gasteiger partial charge in [-0.05, 0) is 48.7 Å². The summed E-state index contributed by atoms with van der Waals surface area (Å²) >= 11 is 0. The molecule has 148 valence electrons. The summed E-state index contributed by atoms with van der Waals surface area (Å²) in [5, 5.41) is 6.99. The number of ether oxygens (including phenoxy) is 1. The largest absolute Gasteiger partial charge is 0.497 e. The molecule has 1 aliphatic rings. The number of benzene rings is 2. The molecular formula is C23H23N3O3. The Kier molecular flexibility index (Phi) is 5.70. The molecule has 1 amide bonds. The van der Waals surface area contributed by atoms with Gasteiger partial charge in [-0.3, -0.25) is 4.79 Å². The molecule has 0 saturated heterocycles. The average molecular weight is 389 g/mol. The summed E-state index contributed by atoms with van der Waals surface area (Å²) in [6.07, 6.45) is 7.91. The SMILES string of the molecule is COc1ccc(C=CC(=O)Nc2cccc(-c3noc(C4CCCC4)n3)c2)cc1. The zero-order valence-electron chi connectivity index (χ0n) is 16.3. The number of amides is 1. The molecule has 0 atom stereocenters. The van der Waals surface area contributed by atoms with E-state index in [9.17, 15) is 4.79 Å². The van der Waals surface area contributed by atoms with Gasteiger partial charge in [0.25, 0.3) is 0 Å². The Balaban J connectivity index is 1.41. The number of nitrogens with zero attached hydrogens (tertiary/aromatic N) is 2. The molecule has 0 aliphatic heterocycles. The molecule has 1 aromatic heterocycles. The van der Waals surface area contributed by atoms with Crippen molar-refractivity contribution in [2.24, 2.45) is 0 Å². The summed E-state index contributed by atoms with van der Waals surface area (Å²) in [5.41, 5.74) is 2.41. The Morgan fingerprint density at radius 3 is 2.72 bits per heavy atom. The van der Waals surface area contributed by atoms with Crippen molar-refractivity contribution in [3.8, 4) is 17.1 Å². The summed E-state index contributed by atoms with van der Waals surface area (Å²) in [5.74, 6) is 2.21. The topological polar surface area (TPSA) is 77.2 Å². The van der Waals surface area contributed by atoms with Crippen molar-refractivity contribution in [2.45, 2.75) is 31.6 Å². The van der Waals surface area contributed by atoms with Gasteiger partial charge in [0.05, 0.1) is 7.11 Å². The zero-order valence-corrected chi connectivity index (χ0v) is 16.3. The van der Waals surface area contributed by atoms with Crippen molar-refractivity contribution in [1.82, 2.24) is 10.1 Å². The maximum absolute atomic E-state index is 12.3. The van der Waals surface area contributed by atoms with Gasteiger partial charge in [-0.1, -0.05) is 42.3 Å². The molecular weight excluding hydrogens is 366 g/mol. The van der Waals surface area contributed by atoms with E-state index >= 15 is 0 Å². The Morgan fingerprint density at radius 1 is 1.17 bits per heavy atom. The van der Waals surface area contributed by atoms with Crippen molar-refractivity contribution in [2.75, 3.05) is 12.4 Å². The van der Waals surface area contributed by atoms with Crippen LogP contribution in [0.5, 0.6) is 5.75 Å². The monoisotopic (exact) mass is 389 g/mol. The van der Waals surface area contributed by atoms with Gasteiger partial charge >= 0.3 is 0 Å². The van der Waals surface area contributed by atoms with Crippen molar-refractivity contribution in [3.63, 3.8) is 0 Å². The van der Waals surface area contributed by atoms with Crippen LogP contribution in [0.1, 0.15) is 43.1 Å². The first-order valence-corrected chi connectivity index (χ1v) is 9.78. The smallest absolute Gasteiger partial charge is 0.248 e. The van der Waals surface area contributed by atoms with E-state index in [2.05, 4.69) is 15.5 Å². The highest BCUT2D eigenvalue weighted by Crippen LogP contribution is 2.34. The van der Waals surface area contributed by atoms with E-state index in [4.69, 9.17) is 9.26 Å². The third-order valence-corrected chi connectivity index (χ3v) is 5.08. The molecule has 6 heteroatoms. The quantitative estimate of drug-likeness (QED) is 0.597. The molecule has 1 N–H and O–H groups in total. The molecule has 0 unspecified atom stereocenters. The van der Waals surface area contributed by atoms with Crippen LogP contribution in [0.25, 0.3) is 17.5 Å². The minimum absolute atomic E-state index is 0.210. The van der Waals surface area contributed by atoms with E-state index < -0.39 is 0 Å². The van der Waals surface area contributed by atoms with Crippen molar-refractivity contribution in [3.05, 3.63) is 66.1 Å². The minimum Gasteiger partial charge on any atom is -0.497 e. The van der Waals surface area contributed by atoms with E-state index in [-0.39, 0.29) is 5.91 Å². The number of carbonyl (C=O) groups is 1. The highest BCUT2D eigenvalue weighted by molar-refractivity contribution is 6.02. The van der Waals surface area contributed by atoms with Crippen LogP contribution in [0, 0.1) is 0 Å². The Morgan fingerprint density at radius 2 is 1.97 bits per heavy atom. The van der Waals surface area contributed by atoms with Gasteiger partial charge in [0.2, 0.25) is 17.6 Å². The van der Waals surface area contributed by atoms with Crippen LogP contribution in [0.4, 0.5) is 5.69 Å². The number of hydrogen-bond donors (Lipinski definition) is 1. The molecule has 1 fully saturated rings. The summed E-state index contributed by atoms with van der Waals surface area (Å²) in [6.45, 7) is 0. The van der Waals surface area contributed by atoms with Crippen LogP contribution in [-0.4, -0.2) is 23.2 Å². The number of rotatable bonds is 6. The van der Waals surface area contributed by atoms with E-state index in [0.29, 0.717) is 17.4 Å². The Hall–Kier alpha value is -3.41. The van der Waals surface area contributed by atoms with E-state index in [1.54, 1.807) is 13.2 Å². The molecule has 0 radical (unpaired) electrons. The van der Waals surface area contributed by atoms with Crippen LogP contribution in [0.15, 0.2) is 59.1 Å². The highest BCUT2D eigenvalue weighted by atomic mass is 16.5. The first-order chi connectivity index (χ1) is 14.2. The first kappa shape index (κ1) is 18.9. The Labute approximate surface area is 169 Å². The van der Waals surface area contributed by atoms with Gasteiger partial charge in [0.1, 0.15) is 5.75 Å². The fourth-order valence-electron chi connectivity index (χ4n) is 3.50. The number of carbonyl (C=O) groups excluding carboxylic acids is 1. The van der Waals surface area contributed by atoms with Gasteiger partial charge < -0.3 is 14.6 Å². The summed E-state index contributed by atoms with van der Waals surface area (Å²) in [6, 6.07) is 14.9. The molecule has 0 spiro atoms. The van der Waals surface area contributed by atoms with Gasteiger partial charge in [0.15, 0.2) is 0 Å². The molecule has 6 nitrogen and oxygen atoms in total. The van der Waals surface area contributed by atoms with E-state index in [1.807, 2.05) is 48.5 Å². The summed E-state index contributed by atoms with van der Waals surface area (Å²) in [4.78, 5) is 16.8. The number of anilines is 1. The third-order valence-electron chi connectivity index (χ3n) is 5.08. The molecule has 29 heavy (non-hydrogen) atoms. The maximum atomic E-state index is 12.3. The van der Waals surface area contributed by atoms with Gasteiger partial charge in [0, 0.05) is 23.2 Å². The predicted molar refractivity (Wildman–Crippen MR) is 112 cm³/mol. The number of aromatic nitrogens is 2. The lowest BCUT2D eigenvalue weighted by Crippen LogP contribution is -2.07. The van der Waals surface area contributed by atoms with Crippen LogP contribution < -0.4 is 10.1 Å². The van der Waals surface area contributed by atoms with Crippen LogP contribution in [0.3, 0.4) is 0 Å². The minimum atomic E-state index is -0.210. The lowest BCUT2D eigenvalue weighted by Gasteiger charge is -2.04. The van der Waals surface area contributed by atoms with Crippen LogP contribution in [0.2, 0.25) is 0 Å². The van der Waals surface area contributed by atoms with Crippen LogP contribution >= 0.6 is 0 Å². The molecule has 3 aromatic rings. The summed E-state index contributed by atoms with van der Waals surface area (Å²) in [7, 11) is 1.62. The second-order valence-electron chi connectivity index (χ2n) is 7.11. The van der Waals surface area contributed by atoms with Crippen molar-refractivity contribution < 1.29 is 14.1 Å². The predicted octanol–water partition coefficient (Wildman–Crippen LogP) is 5.05. The lowest BCUT2D eigenvalue weighted by molar-refractivity contribution is -0.111. The van der Waals surface area contributed by atoms with Crippen molar-refractivity contribution in [1.29, 1.82) is 0 Å². The maximum Gasteiger partial charge on any atom is 0.248 e. The van der Waals surface area contributed by atoms with Crippen LogP contribution in [-0.2, 0) is 4.79 Å². The van der Waals surface area contributed by atoms with Gasteiger partial charge in [-0.2, -0.15) is 4.98 Å². The van der Waals surface area contributed by atoms with Gasteiger partial charge in [-0.25, -0.2) is 0 Å². The van der Waals surface area contributed by atoms with Crippen molar-refractivity contribution >= 4 is 17.7 Å². The fraction of sp³-hybridized carbons (Fsp3) is 0.261. The second kappa shape index (κ2) is 8.73. The second-order valence-corrected chi connectivity index (χ2v) is 7.11. The number of methoxy groups -OCH3 is 1. The molecule has 1 aliphatic carbocycles. The van der Waals surface area contributed by atoms with E-state index in [1.165, 1.54) is 18.9 Å². The fourth-order valence-corrected chi connectivity index (χ4v) is 3.50. The number of nitrogens with one attached hydrogen (secondary N) is 1. The normalized spacial score (nSPS) is 14.4. The molecule has 2 aromatic carbocycles. The van der Waals surface area contributed by atoms with Gasteiger partial charge in [-0.15, -0.1) is 0 Å². The third kappa shape index (κ3) is 4.71. The zero-order chi connectivity index (χ0) is 20.1. The van der Waals surface area contributed by atoms with E-state index in [0.717, 1.165) is 35.6 Å². The average Bonchev–Trinajstić information content (AvgIpc) is 3.44. The molecule has 0 bridgehead atoms. The first-order valence-electron chi connectivity index (χ1n) is 9.78. The molecule has 4 rings (SSSR count). The standard InChI is InChI=1S/C23H23N3O3/c1-28-20-12-9-16(10-13-20)11-14-21(27)24-19-8-4-7-18(15-19)22-25-23(29-26-22)17-5-2-3-6-17/h4,7-15,17H,2-3,5-6H2,1H3,(H,24,27). The molecule has 1 saturated carbocycles. The Bertz CT molecular complexity index is 1000. The number of hydrogen-bond acceptors (Lipinski definition) is 5. The summed E-state index contributed by atoms with van der Waals surface area (Å²) < 4.78 is 10.6.